The van der Waals surface area contributed by atoms with Crippen LogP contribution >= 0.6 is 0 Å². The summed E-state index contributed by atoms with van der Waals surface area (Å²) in [4.78, 5) is 41.8. The van der Waals surface area contributed by atoms with Crippen molar-refractivity contribution in [3.63, 3.8) is 0 Å². The largest absolute Gasteiger partial charge is 0.463 e. The Morgan fingerprint density at radius 3 is 2.50 bits per heavy atom. The number of carbonyl (C=O) groups excluding carboxylic acids is 2. The van der Waals surface area contributed by atoms with Crippen molar-refractivity contribution >= 4 is 22.8 Å². The van der Waals surface area contributed by atoms with E-state index >= 15 is 0 Å². The Balaban J connectivity index is 1.78. The molecule has 0 radical (unpaired) electrons. The van der Waals surface area contributed by atoms with Gasteiger partial charge in [-0.3, -0.25) is 19.0 Å². The fraction of sp³-hybridized carbons (Fsp3) is 0.304. The number of nitrogens with one attached hydrogen (secondary N) is 1. The first-order valence-corrected chi connectivity index (χ1v) is 9.83. The lowest BCUT2D eigenvalue weighted by Gasteiger charge is -2.20. The molecule has 0 spiro atoms. The van der Waals surface area contributed by atoms with Crippen LogP contribution in [-0.4, -0.2) is 27.5 Å². The second-order valence-electron chi connectivity index (χ2n) is 7.47. The highest BCUT2D eigenvalue weighted by Gasteiger charge is 2.20. The Morgan fingerprint density at radius 2 is 1.80 bits per heavy atom. The first kappa shape index (κ1) is 21.2. The molecule has 1 unspecified atom stereocenters. The zero-order valence-corrected chi connectivity index (χ0v) is 17.3. The lowest BCUT2D eigenvalue weighted by Crippen LogP contribution is -2.36. The number of nitrogens with zero attached hydrogens (tertiary/aromatic N) is 2. The molecule has 7 nitrogen and oxygen atoms in total. The second-order valence-corrected chi connectivity index (χ2v) is 7.47. The Hall–Kier alpha value is -3.48. The van der Waals surface area contributed by atoms with Gasteiger partial charge in [-0.2, -0.15) is 0 Å². The van der Waals surface area contributed by atoms with Crippen LogP contribution in [-0.2, 0) is 20.9 Å². The summed E-state index contributed by atoms with van der Waals surface area (Å²) in [5.41, 5.74) is 2.15. The molecule has 1 N–H and O–H groups in total. The van der Waals surface area contributed by atoms with Crippen molar-refractivity contribution in [2.24, 2.45) is 0 Å². The van der Waals surface area contributed by atoms with Crippen molar-refractivity contribution in [3.05, 3.63) is 76.3 Å². The molecule has 7 heteroatoms. The van der Waals surface area contributed by atoms with Gasteiger partial charge in [-0.15, -0.1) is 0 Å². The molecular weight excluding hydrogens is 382 g/mol. The fourth-order valence-electron chi connectivity index (χ4n) is 3.14. The van der Waals surface area contributed by atoms with E-state index < -0.39 is 17.9 Å². The van der Waals surface area contributed by atoms with Gasteiger partial charge in [0.15, 0.2) is 0 Å². The molecule has 0 aliphatic carbocycles. The molecule has 3 aromatic rings. The minimum atomic E-state index is -0.562. The van der Waals surface area contributed by atoms with Crippen LogP contribution < -0.4 is 10.9 Å². The van der Waals surface area contributed by atoms with Crippen LogP contribution in [0.3, 0.4) is 0 Å². The highest BCUT2D eigenvalue weighted by atomic mass is 16.5. The molecule has 0 saturated carbocycles. The standard InChI is InChI=1S/C23H25N3O4/c1-15(2)30-22(28)12-20(17-10-8-16(3)9-11-17)25-21(27)13-26-14-24-19-7-5-4-6-18(19)23(26)29/h4-11,14-15,20H,12-13H2,1-3H3,(H,25,27). The summed E-state index contributed by atoms with van der Waals surface area (Å²) < 4.78 is 6.50. The minimum absolute atomic E-state index is 0.00213. The quantitative estimate of drug-likeness (QED) is 0.608. The maximum Gasteiger partial charge on any atom is 0.308 e. The Kier molecular flexibility index (Phi) is 6.61. The molecule has 0 saturated heterocycles. The number of amides is 1. The highest BCUT2D eigenvalue weighted by Crippen LogP contribution is 2.19. The van der Waals surface area contributed by atoms with Gasteiger partial charge >= 0.3 is 5.97 Å². The molecule has 3 rings (SSSR count). The third-order valence-electron chi connectivity index (χ3n) is 4.60. The van der Waals surface area contributed by atoms with E-state index in [1.807, 2.05) is 31.2 Å². The third kappa shape index (κ3) is 5.31. The molecule has 0 aliphatic heterocycles. The molecule has 0 aliphatic rings. The number of esters is 1. The van der Waals surface area contributed by atoms with Crippen molar-refractivity contribution in [1.29, 1.82) is 0 Å². The smallest absolute Gasteiger partial charge is 0.308 e. The molecule has 0 bridgehead atoms. The molecular formula is C23H25N3O4. The summed E-state index contributed by atoms with van der Waals surface area (Å²) in [7, 11) is 0. The average Bonchev–Trinajstić information content (AvgIpc) is 2.70. The molecule has 0 fully saturated rings. The van der Waals surface area contributed by atoms with Gasteiger partial charge in [-0.1, -0.05) is 42.0 Å². The van der Waals surface area contributed by atoms with Crippen LogP contribution in [0.2, 0.25) is 0 Å². The lowest BCUT2D eigenvalue weighted by molar-refractivity contribution is -0.148. The van der Waals surface area contributed by atoms with Crippen molar-refractivity contribution in [3.8, 4) is 0 Å². The van der Waals surface area contributed by atoms with Crippen LogP contribution in [0.4, 0.5) is 0 Å². The number of hydrogen-bond donors (Lipinski definition) is 1. The highest BCUT2D eigenvalue weighted by molar-refractivity contribution is 5.80. The molecule has 1 aromatic heterocycles. The summed E-state index contributed by atoms with van der Waals surface area (Å²) in [6, 6.07) is 14.0. The predicted molar refractivity (Wildman–Crippen MR) is 114 cm³/mol. The number of para-hydroxylation sites is 1. The van der Waals surface area contributed by atoms with Crippen LogP contribution in [0.5, 0.6) is 0 Å². The average molecular weight is 407 g/mol. The Bertz CT molecular complexity index is 1100. The van der Waals surface area contributed by atoms with E-state index in [-0.39, 0.29) is 24.6 Å². The minimum Gasteiger partial charge on any atom is -0.463 e. The number of rotatable bonds is 7. The van der Waals surface area contributed by atoms with Crippen molar-refractivity contribution in [2.45, 2.75) is 45.9 Å². The monoisotopic (exact) mass is 407 g/mol. The topological polar surface area (TPSA) is 90.3 Å². The van der Waals surface area contributed by atoms with Gasteiger partial charge in [0.1, 0.15) is 6.54 Å². The molecule has 1 heterocycles. The molecule has 1 atom stereocenters. The van der Waals surface area contributed by atoms with E-state index in [0.717, 1.165) is 11.1 Å². The predicted octanol–water partition coefficient (Wildman–Crippen LogP) is 2.90. The second kappa shape index (κ2) is 9.35. The maximum atomic E-state index is 12.7. The molecule has 30 heavy (non-hydrogen) atoms. The van der Waals surface area contributed by atoms with Gasteiger partial charge in [0, 0.05) is 0 Å². The molecule has 156 valence electrons. The summed E-state index contributed by atoms with van der Waals surface area (Å²) in [5, 5.41) is 3.30. The maximum absolute atomic E-state index is 12.7. The summed E-state index contributed by atoms with van der Waals surface area (Å²) in [6.45, 7) is 5.31. The number of hydrogen-bond acceptors (Lipinski definition) is 5. The third-order valence-corrected chi connectivity index (χ3v) is 4.60. The molecule has 1 amide bonds. The Morgan fingerprint density at radius 1 is 1.10 bits per heavy atom. The number of ether oxygens (including phenoxy) is 1. The van der Waals surface area contributed by atoms with Crippen LogP contribution in [0.25, 0.3) is 10.9 Å². The molecule has 2 aromatic carbocycles. The van der Waals surface area contributed by atoms with Gasteiger partial charge < -0.3 is 10.1 Å². The van der Waals surface area contributed by atoms with Crippen molar-refractivity contribution in [1.82, 2.24) is 14.9 Å². The van der Waals surface area contributed by atoms with Gasteiger partial charge in [-0.25, -0.2) is 4.98 Å². The van der Waals surface area contributed by atoms with E-state index in [1.54, 1.807) is 38.1 Å². The Labute approximate surface area is 174 Å². The van der Waals surface area contributed by atoms with E-state index in [9.17, 15) is 14.4 Å². The van der Waals surface area contributed by atoms with E-state index in [2.05, 4.69) is 10.3 Å². The van der Waals surface area contributed by atoms with E-state index in [4.69, 9.17) is 4.74 Å². The van der Waals surface area contributed by atoms with Gasteiger partial charge in [0.25, 0.3) is 5.56 Å². The summed E-state index contributed by atoms with van der Waals surface area (Å²) in [5.74, 6) is -0.794. The summed E-state index contributed by atoms with van der Waals surface area (Å²) in [6.07, 6.45) is 1.12. The first-order valence-electron chi connectivity index (χ1n) is 9.83. The fourth-order valence-corrected chi connectivity index (χ4v) is 3.14. The first-order chi connectivity index (χ1) is 14.3. The summed E-state index contributed by atoms with van der Waals surface area (Å²) >= 11 is 0. The van der Waals surface area contributed by atoms with Crippen LogP contribution in [0, 0.1) is 6.92 Å². The van der Waals surface area contributed by atoms with Gasteiger partial charge in [0.2, 0.25) is 5.91 Å². The SMILES string of the molecule is Cc1ccc(C(CC(=O)OC(C)C)NC(=O)Cn2cnc3ccccc3c2=O)cc1. The number of carbonyl (C=O) groups is 2. The van der Waals surface area contributed by atoms with Gasteiger partial charge in [-0.05, 0) is 38.5 Å². The number of fused-ring (bicyclic) bond motifs is 1. The van der Waals surface area contributed by atoms with Gasteiger partial charge in [0.05, 0.1) is 35.8 Å². The number of benzene rings is 2. The number of aromatic nitrogens is 2. The van der Waals surface area contributed by atoms with E-state index in [0.29, 0.717) is 10.9 Å². The van der Waals surface area contributed by atoms with E-state index in [1.165, 1.54) is 10.9 Å². The zero-order chi connectivity index (χ0) is 21.7. The van der Waals surface area contributed by atoms with Crippen molar-refractivity contribution in [2.75, 3.05) is 0 Å². The van der Waals surface area contributed by atoms with Crippen LogP contribution in [0.1, 0.15) is 37.4 Å². The normalized spacial score (nSPS) is 12.0. The zero-order valence-electron chi connectivity index (χ0n) is 17.3. The van der Waals surface area contributed by atoms with Crippen molar-refractivity contribution < 1.29 is 14.3 Å². The lowest BCUT2D eigenvalue weighted by atomic mass is 10.0. The van der Waals surface area contributed by atoms with Crippen LogP contribution in [0.15, 0.2) is 59.7 Å². The number of aryl methyl sites for hydroxylation is 1.